The lowest BCUT2D eigenvalue weighted by Gasteiger charge is -2.21. The van der Waals surface area contributed by atoms with Gasteiger partial charge in [0.2, 0.25) is 0 Å². The number of nitriles is 1. The van der Waals surface area contributed by atoms with E-state index in [2.05, 4.69) is 69.5 Å². The van der Waals surface area contributed by atoms with Crippen LogP contribution in [0.25, 0.3) is 28.3 Å². The number of rotatable bonds is 5. The predicted octanol–water partition coefficient (Wildman–Crippen LogP) is 5.48. The van der Waals surface area contributed by atoms with Crippen LogP contribution in [0.3, 0.4) is 0 Å². The third kappa shape index (κ3) is 3.40. The highest BCUT2D eigenvalue weighted by molar-refractivity contribution is 5.72. The molecule has 0 aliphatic carbocycles. The van der Waals surface area contributed by atoms with E-state index in [-0.39, 0.29) is 0 Å². The molecule has 31 heavy (non-hydrogen) atoms. The molecule has 0 spiro atoms. The fourth-order valence-corrected chi connectivity index (χ4v) is 4.29. The van der Waals surface area contributed by atoms with Gasteiger partial charge in [-0.3, -0.25) is 4.57 Å². The normalized spacial score (nSPS) is 11.8. The fourth-order valence-electron chi connectivity index (χ4n) is 4.29. The summed E-state index contributed by atoms with van der Waals surface area (Å²) in [7, 11) is 2.17. The molecule has 154 valence electrons. The summed E-state index contributed by atoms with van der Waals surface area (Å²) in [5, 5.41) is 9.08. The Balaban J connectivity index is 1.57. The van der Waals surface area contributed by atoms with Crippen molar-refractivity contribution in [1.82, 2.24) is 14.1 Å². The summed E-state index contributed by atoms with van der Waals surface area (Å²) in [6, 6.07) is 18.9. The van der Waals surface area contributed by atoms with Crippen molar-refractivity contribution in [3.8, 4) is 34.4 Å². The first-order chi connectivity index (χ1) is 15.2. The van der Waals surface area contributed by atoms with Crippen molar-refractivity contribution in [1.29, 1.82) is 5.26 Å². The summed E-state index contributed by atoms with van der Waals surface area (Å²) in [6.07, 6.45) is 8.48. The van der Waals surface area contributed by atoms with Crippen molar-refractivity contribution >= 4 is 5.69 Å². The van der Waals surface area contributed by atoms with Crippen LogP contribution in [0.4, 0.5) is 5.69 Å². The van der Waals surface area contributed by atoms with E-state index in [0.717, 1.165) is 35.7 Å². The summed E-state index contributed by atoms with van der Waals surface area (Å²) in [4.78, 5) is 7.01. The molecule has 0 radical (unpaired) electrons. The zero-order valence-electron chi connectivity index (χ0n) is 17.9. The van der Waals surface area contributed by atoms with E-state index in [1.807, 2.05) is 36.7 Å². The average molecular weight is 408 g/mol. The van der Waals surface area contributed by atoms with Crippen LogP contribution in [-0.4, -0.2) is 27.7 Å². The van der Waals surface area contributed by atoms with Crippen molar-refractivity contribution in [2.75, 3.05) is 18.5 Å². The van der Waals surface area contributed by atoms with Crippen molar-refractivity contribution < 1.29 is 0 Å². The number of unbranched alkanes of at least 4 members (excludes halogenated alkanes) is 1. The molecule has 0 N–H and O–H groups in total. The van der Waals surface area contributed by atoms with E-state index in [9.17, 15) is 0 Å². The van der Waals surface area contributed by atoms with Crippen LogP contribution in [-0.2, 0) is 6.54 Å². The average Bonchev–Trinajstić information content (AvgIpc) is 3.42. The Morgan fingerprint density at radius 2 is 1.94 bits per heavy atom. The quantitative estimate of drug-likeness (QED) is 0.388. The first-order valence-electron chi connectivity index (χ1n) is 10.8. The number of nitrogens with zero attached hydrogens (tertiary/aromatic N) is 5. The largest absolute Gasteiger partial charge is 0.375 e. The molecule has 5 rings (SSSR count). The molecule has 1 aliphatic heterocycles. The van der Waals surface area contributed by atoms with Gasteiger partial charge < -0.3 is 9.47 Å². The van der Waals surface area contributed by atoms with Gasteiger partial charge in [-0.25, -0.2) is 4.98 Å². The Kier molecular flexibility index (Phi) is 4.83. The third-order valence-corrected chi connectivity index (χ3v) is 6.06. The minimum Gasteiger partial charge on any atom is -0.375 e. The molecule has 5 nitrogen and oxygen atoms in total. The molecular formula is C26H25N5. The topological polar surface area (TPSA) is 49.8 Å². The van der Waals surface area contributed by atoms with Gasteiger partial charge in [0.05, 0.1) is 23.0 Å². The second-order valence-electron chi connectivity index (χ2n) is 8.14. The maximum Gasteiger partial charge on any atom is 0.161 e. The lowest BCUT2D eigenvalue weighted by molar-refractivity contribution is 0.764. The van der Waals surface area contributed by atoms with Gasteiger partial charge in [-0.05, 0) is 53.9 Å². The molecule has 0 saturated carbocycles. The minimum absolute atomic E-state index is 0.675. The van der Waals surface area contributed by atoms with Crippen LogP contribution in [0.5, 0.6) is 0 Å². The first kappa shape index (κ1) is 19.2. The minimum atomic E-state index is 0.675. The monoisotopic (exact) mass is 407 g/mol. The Labute approximate surface area is 182 Å². The standard InChI is InChI=1S/C26H25N5/c1-3-4-12-29(2)23-9-10-24-22(14-23)18-30-17-21(20-7-5-19(16-27)6-8-20)15-25(30)26-28-11-13-31(24)26/h5-11,13-15,17H,3-4,12,18H2,1-2H3. The highest BCUT2D eigenvalue weighted by Gasteiger charge is 2.21. The summed E-state index contributed by atoms with van der Waals surface area (Å²) in [6.45, 7) is 4.08. The Morgan fingerprint density at radius 3 is 2.71 bits per heavy atom. The van der Waals surface area contributed by atoms with Gasteiger partial charge >= 0.3 is 0 Å². The second-order valence-corrected chi connectivity index (χ2v) is 8.14. The van der Waals surface area contributed by atoms with Gasteiger partial charge in [0.25, 0.3) is 0 Å². The van der Waals surface area contributed by atoms with Gasteiger partial charge in [0.1, 0.15) is 0 Å². The predicted molar refractivity (Wildman–Crippen MR) is 124 cm³/mol. The van der Waals surface area contributed by atoms with Crippen molar-refractivity contribution in [3.05, 3.63) is 78.2 Å². The summed E-state index contributed by atoms with van der Waals surface area (Å²) < 4.78 is 4.47. The molecule has 2 aromatic carbocycles. The van der Waals surface area contributed by atoms with Crippen LogP contribution >= 0.6 is 0 Å². The number of anilines is 1. The second kappa shape index (κ2) is 7.81. The third-order valence-electron chi connectivity index (χ3n) is 6.06. The Bertz CT molecular complexity index is 1270. The SMILES string of the molecule is CCCCN(C)c1ccc2c(c1)Cn1cc(-c3ccc(C#N)cc3)cc1-c1nccn1-2. The smallest absolute Gasteiger partial charge is 0.161 e. The summed E-state index contributed by atoms with van der Waals surface area (Å²) in [5.41, 5.74) is 7.72. The highest BCUT2D eigenvalue weighted by atomic mass is 15.1. The molecular weight excluding hydrogens is 382 g/mol. The molecule has 0 bridgehead atoms. The van der Waals surface area contributed by atoms with E-state index in [1.165, 1.54) is 29.8 Å². The van der Waals surface area contributed by atoms with E-state index in [4.69, 9.17) is 5.26 Å². The summed E-state index contributed by atoms with van der Waals surface area (Å²) in [5.74, 6) is 0.950. The molecule has 3 heterocycles. The number of benzene rings is 2. The maximum absolute atomic E-state index is 9.08. The van der Waals surface area contributed by atoms with Crippen LogP contribution in [0.15, 0.2) is 67.1 Å². The van der Waals surface area contributed by atoms with Gasteiger partial charge in [-0.15, -0.1) is 0 Å². The van der Waals surface area contributed by atoms with E-state index in [1.54, 1.807) is 0 Å². The molecule has 0 fully saturated rings. The zero-order chi connectivity index (χ0) is 21.4. The van der Waals surface area contributed by atoms with Gasteiger partial charge in [0.15, 0.2) is 5.82 Å². The molecule has 2 aromatic heterocycles. The van der Waals surface area contributed by atoms with E-state index >= 15 is 0 Å². The van der Waals surface area contributed by atoms with Crippen molar-refractivity contribution in [2.45, 2.75) is 26.3 Å². The molecule has 0 amide bonds. The molecule has 0 saturated heterocycles. The van der Waals surface area contributed by atoms with E-state index in [0.29, 0.717) is 5.56 Å². The fraction of sp³-hybridized carbons (Fsp3) is 0.231. The zero-order valence-corrected chi connectivity index (χ0v) is 17.9. The van der Waals surface area contributed by atoms with Crippen molar-refractivity contribution in [2.24, 2.45) is 0 Å². The number of imidazole rings is 1. The number of aromatic nitrogens is 3. The molecule has 4 aromatic rings. The Hall–Kier alpha value is -3.78. The van der Waals surface area contributed by atoms with Crippen molar-refractivity contribution in [3.63, 3.8) is 0 Å². The lowest BCUT2D eigenvalue weighted by Crippen LogP contribution is -2.18. The lowest BCUT2D eigenvalue weighted by atomic mass is 10.1. The summed E-state index contributed by atoms with van der Waals surface area (Å²) >= 11 is 0. The highest BCUT2D eigenvalue weighted by Crippen LogP contribution is 2.35. The molecule has 0 atom stereocenters. The van der Waals surface area contributed by atoms with E-state index < -0.39 is 0 Å². The molecule has 0 unspecified atom stereocenters. The first-order valence-corrected chi connectivity index (χ1v) is 10.8. The van der Waals surface area contributed by atoms with Crippen LogP contribution in [0.1, 0.15) is 30.9 Å². The van der Waals surface area contributed by atoms with Gasteiger partial charge in [-0.1, -0.05) is 25.5 Å². The number of fused-ring (bicyclic) bond motifs is 5. The Morgan fingerprint density at radius 1 is 1.10 bits per heavy atom. The maximum atomic E-state index is 9.08. The van der Waals surface area contributed by atoms with Crippen LogP contribution in [0, 0.1) is 11.3 Å². The molecule has 5 heteroatoms. The van der Waals surface area contributed by atoms with Crippen LogP contribution < -0.4 is 4.90 Å². The van der Waals surface area contributed by atoms with Gasteiger partial charge in [0, 0.05) is 50.0 Å². The van der Waals surface area contributed by atoms with Gasteiger partial charge in [-0.2, -0.15) is 5.26 Å². The number of hydrogen-bond acceptors (Lipinski definition) is 3. The number of hydrogen-bond donors (Lipinski definition) is 0. The van der Waals surface area contributed by atoms with Crippen LogP contribution in [0.2, 0.25) is 0 Å². The molecule has 1 aliphatic rings.